The van der Waals surface area contributed by atoms with Crippen LogP contribution in [0.5, 0.6) is 0 Å². The topological polar surface area (TPSA) is 33.1 Å². The van der Waals surface area contributed by atoms with Gasteiger partial charge in [0.05, 0.1) is 6.10 Å². The van der Waals surface area contributed by atoms with Crippen LogP contribution in [0.3, 0.4) is 0 Å². The maximum atomic E-state index is 9.80. The summed E-state index contributed by atoms with van der Waals surface area (Å²) in [5.74, 6) is 0. The van der Waals surface area contributed by atoms with E-state index in [2.05, 4.69) is 18.8 Å². The third-order valence-corrected chi connectivity index (χ3v) is 3.08. The number of pyridine rings is 1. The maximum Gasteiger partial charge on any atom is 0.0728 e. The molecule has 0 bridgehead atoms. The number of nitrogens with zero attached hydrogens (tertiary/aromatic N) is 1. The molecule has 2 heteroatoms. The number of hydrogen-bond acceptors (Lipinski definition) is 2. The van der Waals surface area contributed by atoms with Gasteiger partial charge in [0.1, 0.15) is 0 Å². The van der Waals surface area contributed by atoms with Gasteiger partial charge in [-0.1, -0.05) is 25.5 Å². The molecule has 0 aliphatic heterocycles. The van der Waals surface area contributed by atoms with Gasteiger partial charge in [-0.05, 0) is 42.4 Å². The summed E-state index contributed by atoms with van der Waals surface area (Å²) in [6.45, 7) is 4.44. The van der Waals surface area contributed by atoms with Crippen molar-refractivity contribution < 1.29 is 5.11 Å². The minimum atomic E-state index is -0.277. The average molecular weight is 217 g/mol. The van der Waals surface area contributed by atoms with Gasteiger partial charge in [-0.25, -0.2) is 0 Å². The highest BCUT2D eigenvalue weighted by atomic mass is 16.3. The van der Waals surface area contributed by atoms with Crippen LogP contribution >= 0.6 is 0 Å². The first-order valence-corrected chi connectivity index (χ1v) is 5.82. The first-order chi connectivity index (χ1) is 7.55. The molecule has 1 N–H and O–H groups in total. The smallest absolute Gasteiger partial charge is 0.0728 e. The Kier molecular flexibility index (Phi) is 3.10. The van der Waals surface area contributed by atoms with Gasteiger partial charge >= 0.3 is 0 Å². The fraction of sp³-hybridized carbons (Fsp3) is 0.500. The zero-order chi connectivity index (χ0) is 11.6. The van der Waals surface area contributed by atoms with Gasteiger partial charge in [-0.15, -0.1) is 0 Å². The first kappa shape index (κ1) is 11.3. The molecule has 1 aromatic heterocycles. The van der Waals surface area contributed by atoms with Crippen LogP contribution in [-0.2, 0) is 6.42 Å². The lowest BCUT2D eigenvalue weighted by molar-refractivity contribution is 0.138. The minimum absolute atomic E-state index is 0.219. The summed E-state index contributed by atoms with van der Waals surface area (Å²) in [5.41, 5.74) is 2.83. The van der Waals surface area contributed by atoms with Crippen LogP contribution < -0.4 is 0 Å². The van der Waals surface area contributed by atoms with Crippen LogP contribution in [0, 0.1) is 5.41 Å². The summed E-state index contributed by atoms with van der Waals surface area (Å²) in [4.78, 5) is 4.01. The Morgan fingerprint density at radius 2 is 2.06 bits per heavy atom. The summed E-state index contributed by atoms with van der Waals surface area (Å²) in [6, 6.07) is 4.07. The summed E-state index contributed by atoms with van der Waals surface area (Å²) in [6.07, 6.45) is 8.26. The fourth-order valence-corrected chi connectivity index (χ4v) is 2.53. The second-order valence-electron chi connectivity index (χ2n) is 5.47. The van der Waals surface area contributed by atoms with Crippen molar-refractivity contribution in [2.24, 2.45) is 5.41 Å². The molecule has 1 aliphatic carbocycles. The van der Waals surface area contributed by atoms with Crippen LogP contribution in [0.25, 0.3) is 0 Å². The number of aromatic nitrogens is 1. The molecule has 1 aromatic rings. The Hall–Kier alpha value is -1.15. The zero-order valence-electron chi connectivity index (χ0n) is 9.98. The van der Waals surface area contributed by atoms with Crippen molar-refractivity contribution >= 4 is 0 Å². The highest BCUT2D eigenvalue weighted by molar-refractivity contribution is 5.23. The minimum Gasteiger partial charge on any atom is -0.389 e. The summed E-state index contributed by atoms with van der Waals surface area (Å²) < 4.78 is 0. The number of aliphatic hydroxyl groups excluding tert-OH is 1. The molecular formula is C14H19NO. The Bertz CT molecular complexity index is 381. The van der Waals surface area contributed by atoms with E-state index >= 15 is 0 Å². The summed E-state index contributed by atoms with van der Waals surface area (Å²) >= 11 is 0. The Balaban J connectivity index is 2.11. The lowest BCUT2D eigenvalue weighted by atomic mass is 9.75. The third kappa shape index (κ3) is 2.92. The van der Waals surface area contributed by atoms with Gasteiger partial charge in [0, 0.05) is 12.4 Å². The second-order valence-corrected chi connectivity index (χ2v) is 5.47. The van der Waals surface area contributed by atoms with E-state index in [-0.39, 0.29) is 11.5 Å². The summed E-state index contributed by atoms with van der Waals surface area (Å²) in [5, 5.41) is 9.80. The molecule has 0 amide bonds. The Morgan fingerprint density at radius 3 is 2.69 bits per heavy atom. The molecule has 1 unspecified atom stereocenters. The van der Waals surface area contributed by atoms with E-state index in [1.807, 2.05) is 30.6 Å². The molecule has 1 heterocycles. The SMILES string of the molecule is CC1(C)CC(Cc2ccncc2)=CC(O)C1. The maximum absolute atomic E-state index is 9.80. The van der Waals surface area contributed by atoms with Gasteiger partial charge in [0.2, 0.25) is 0 Å². The van der Waals surface area contributed by atoms with Gasteiger partial charge in [-0.3, -0.25) is 4.98 Å². The Labute approximate surface area is 97.0 Å². The number of hydrogen-bond donors (Lipinski definition) is 1. The molecule has 1 aliphatic rings. The number of aliphatic hydroxyl groups is 1. The van der Waals surface area contributed by atoms with Crippen LogP contribution in [0.1, 0.15) is 32.3 Å². The van der Waals surface area contributed by atoms with E-state index in [0.29, 0.717) is 0 Å². The summed E-state index contributed by atoms with van der Waals surface area (Å²) in [7, 11) is 0. The quantitative estimate of drug-likeness (QED) is 0.773. The molecule has 0 saturated heterocycles. The lowest BCUT2D eigenvalue weighted by Gasteiger charge is -2.32. The molecule has 0 fully saturated rings. The van der Waals surface area contributed by atoms with Gasteiger partial charge in [0.25, 0.3) is 0 Å². The molecule has 0 radical (unpaired) electrons. The molecule has 16 heavy (non-hydrogen) atoms. The number of rotatable bonds is 2. The highest BCUT2D eigenvalue weighted by Gasteiger charge is 2.27. The molecule has 0 spiro atoms. The molecule has 0 aromatic carbocycles. The van der Waals surface area contributed by atoms with E-state index < -0.39 is 0 Å². The van der Waals surface area contributed by atoms with Gasteiger partial charge in [0.15, 0.2) is 0 Å². The standard InChI is InChI=1S/C14H19NO/c1-14(2)9-12(8-13(16)10-14)7-11-3-5-15-6-4-11/h3-6,8,13,16H,7,9-10H2,1-2H3. The highest BCUT2D eigenvalue weighted by Crippen LogP contribution is 2.36. The monoisotopic (exact) mass is 217 g/mol. The van der Waals surface area contributed by atoms with Crippen LogP contribution in [0.4, 0.5) is 0 Å². The van der Waals surface area contributed by atoms with Gasteiger partial charge in [-0.2, -0.15) is 0 Å². The van der Waals surface area contributed by atoms with Crippen LogP contribution in [-0.4, -0.2) is 16.2 Å². The van der Waals surface area contributed by atoms with Crippen molar-refractivity contribution in [2.75, 3.05) is 0 Å². The van der Waals surface area contributed by atoms with Crippen molar-refractivity contribution in [1.29, 1.82) is 0 Å². The van der Waals surface area contributed by atoms with Crippen molar-refractivity contribution in [2.45, 2.75) is 39.2 Å². The van der Waals surface area contributed by atoms with Gasteiger partial charge < -0.3 is 5.11 Å². The predicted molar refractivity (Wildman–Crippen MR) is 65.0 cm³/mol. The second kappa shape index (κ2) is 4.38. The van der Waals surface area contributed by atoms with Crippen molar-refractivity contribution in [3.63, 3.8) is 0 Å². The molecule has 86 valence electrons. The lowest BCUT2D eigenvalue weighted by Crippen LogP contribution is -2.25. The van der Waals surface area contributed by atoms with E-state index in [1.165, 1.54) is 11.1 Å². The van der Waals surface area contributed by atoms with Crippen LogP contribution in [0.2, 0.25) is 0 Å². The fourth-order valence-electron chi connectivity index (χ4n) is 2.53. The molecule has 1 atom stereocenters. The largest absolute Gasteiger partial charge is 0.389 e. The molecule has 0 saturated carbocycles. The first-order valence-electron chi connectivity index (χ1n) is 5.82. The van der Waals surface area contributed by atoms with E-state index in [9.17, 15) is 5.11 Å². The zero-order valence-corrected chi connectivity index (χ0v) is 9.98. The predicted octanol–water partition coefficient (Wildman–Crippen LogP) is 2.73. The van der Waals surface area contributed by atoms with E-state index in [1.54, 1.807) is 0 Å². The molecule has 2 nitrogen and oxygen atoms in total. The molecular weight excluding hydrogens is 198 g/mol. The van der Waals surface area contributed by atoms with E-state index in [4.69, 9.17) is 0 Å². The number of allylic oxidation sites excluding steroid dienone is 1. The normalized spacial score (nSPS) is 23.9. The van der Waals surface area contributed by atoms with Crippen molar-refractivity contribution in [1.82, 2.24) is 4.98 Å². The van der Waals surface area contributed by atoms with E-state index in [0.717, 1.165) is 19.3 Å². The van der Waals surface area contributed by atoms with Crippen LogP contribution in [0.15, 0.2) is 36.2 Å². The average Bonchev–Trinajstić information content (AvgIpc) is 2.15. The molecule has 2 rings (SSSR count). The van der Waals surface area contributed by atoms with Crippen molar-refractivity contribution in [3.8, 4) is 0 Å². The van der Waals surface area contributed by atoms with Crippen molar-refractivity contribution in [3.05, 3.63) is 41.7 Å². The Morgan fingerprint density at radius 1 is 1.38 bits per heavy atom. The third-order valence-electron chi connectivity index (χ3n) is 3.08.